The van der Waals surface area contributed by atoms with Gasteiger partial charge < -0.3 is 0 Å². The van der Waals surface area contributed by atoms with Crippen LogP contribution >= 0.6 is 12.6 Å². The minimum Gasteiger partial charge on any atom is -0.295 e. The van der Waals surface area contributed by atoms with E-state index in [1.807, 2.05) is 0 Å². The molecule has 0 aromatic heterocycles. The lowest BCUT2D eigenvalue weighted by atomic mass is 9.81. The molecule has 0 aromatic rings. The largest absolute Gasteiger partial charge is 0.401 e. The van der Waals surface area contributed by atoms with E-state index in [-0.39, 0.29) is 5.41 Å². The van der Waals surface area contributed by atoms with Crippen molar-refractivity contribution in [2.24, 2.45) is 5.41 Å². The third-order valence-electron chi connectivity index (χ3n) is 3.91. The molecule has 0 amide bonds. The lowest BCUT2D eigenvalue weighted by Crippen LogP contribution is -2.43. The Balaban J connectivity index is 2.63. The van der Waals surface area contributed by atoms with Crippen molar-refractivity contribution in [2.45, 2.75) is 51.6 Å². The number of halogens is 3. The monoisotopic (exact) mass is 283 g/mol. The first-order chi connectivity index (χ1) is 8.41. The Morgan fingerprint density at radius 2 is 1.67 bits per heavy atom. The molecule has 0 radical (unpaired) electrons. The highest BCUT2D eigenvalue weighted by Crippen LogP contribution is 2.37. The van der Waals surface area contributed by atoms with E-state index >= 15 is 0 Å². The smallest absolute Gasteiger partial charge is 0.295 e. The Bertz CT molecular complexity index is 235. The van der Waals surface area contributed by atoms with Gasteiger partial charge in [-0.1, -0.05) is 32.6 Å². The predicted octanol–water partition coefficient (Wildman–Crippen LogP) is 4.14. The molecular formula is C13H24F3NS. The second kappa shape index (κ2) is 7.04. The first-order valence-corrected chi connectivity index (χ1v) is 7.44. The van der Waals surface area contributed by atoms with Crippen LogP contribution < -0.4 is 0 Å². The minimum absolute atomic E-state index is 0.0130. The Morgan fingerprint density at radius 3 is 2.06 bits per heavy atom. The molecule has 1 aliphatic carbocycles. The van der Waals surface area contributed by atoms with Crippen LogP contribution in [0.5, 0.6) is 0 Å². The lowest BCUT2D eigenvalue weighted by Gasteiger charge is -2.37. The van der Waals surface area contributed by atoms with Crippen molar-refractivity contribution in [3.05, 3.63) is 0 Å². The molecule has 1 fully saturated rings. The van der Waals surface area contributed by atoms with Crippen LogP contribution in [-0.4, -0.2) is 36.5 Å². The van der Waals surface area contributed by atoms with Crippen LogP contribution in [0.15, 0.2) is 0 Å². The maximum Gasteiger partial charge on any atom is 0.401 e. The van der Waals surface area contributed by atoms with Gasteiger partial charge in [0.15, 0.2) is 0 Å². The fraction of sp³-hybridized carbons (Fsp3) is 1.00. The molecule has 1 rings (SSSR count). The summed E-state index contributed by atoms with van der Waals surface area (Å²) in [5, 5.41) is 0. The molecule has 5 heteroatoms. The average molecular weight is 283 g/mol. The minimum atomic E-state index is -4.10. The van der Waals surface area contributed by atoms with Gasteiger partial charge in [-0.05, 0) is 30.6 Å². The van der Waals surface area contributed by atoms with Crippen molar-refractivity contribution in [1.82, 2.24) is 4.90 Å². The standard InChI is InChI=1S/C13H24F3NS/c1-2-17(10-13(14,15)16)9-12(11-18)7-5-3-4-6-8-12/h18H,2-11H2,1H3. The molecule has 0 atom stereocenters. The zero-order valence-corrected chi connectivity index (χ0v) is 12.0. The molecule has 0 aromatic carbocycles. The van der Waals surface area contributed by atoms with E-state index in [4.69, 9.17) is 0 Å². The van der Waals surface area contributed by atoms with E-state index < -0.39 is 12.7 Å². The van der Waals surface area contributed by atoms with E-state index in [9.17, 15) is 13.2 Å². The summed E-state index contributed by atoms with van der Waals surface area (Å²) in [4.78, 5) is 1.53. The summed E-state index contributed by atoms with van der Waals surface area (Å²) in [5.74, 6) is 0.696. The highest BCUT2D eigenvalue weighted by molar-refractivity contribution is 7.80. The third kappa shape index (κ3) is 5.39. The lowest BCUT2D eigenvalue weighted by molar-refractivity contribution is -0.148. The molecule has 1 nitrogen and oxygen atoms in total. The Kier molecular flexibility index (Phi) is 6.31. The SMILES string of the molecule is CCN(CC(F)(F)F)CC1(CS)CCCCCC1. The van der Waals surface area contributed by atoms with Crippen molar-refractivity contribution in [3.63, 3.8) is 0 Å². The summed E-state index contributed by atoms with van der Waals surface area (Å²) in [6.07, 6.45) is 2.62. The van der Waals surface area contributed by atoms with Crippen LogP contribution in [-0.2, 0) is 0 Å². The fourth-order valence-electron chi connectivity index (χ4n) is 2.85. The first kappa shape index (κ1) is 16.2. The van der Waals surface area contributed by atoms with Gasteiger partial charge in [0.2, 0.25) is 0 Å². The topological polar surface area (TPSA) is 3.24 Å². The van der Waals surface area contributed by atoms with Crippen molar-refractivity contribution in [1.29, 1.82) is 0 Å². The molecule has 18 heavy (non-hydrogen) atoms. The van der Waals surface area contributed by atoms with E-state index in [0.717, 1.165) is 25.7 Å². The van der Waals surface area contributed by atoms with Gasteiger partial charge in [0.05, 0.1) is 6.54 Å². The molecule has 0 N–H and O–H groups in total. The van der Waals surface area contributed by atoms with Crippen molar-refractivity contribution < 1.29 is 13.2 Å². The molecule has 0 aliphatic heterocycles. The molecule has 0 spiro atoms. The molecular weight excluding hydrogens is 259 g/mol. The number of hydrogen-bond donors (Lipinski definition) is 1. The van der Waals surface area contributed by atoms with Crippen LogP contribution in [0.2, 0.25) is 0 Å². The molecule has 0 bridgehead atoms. The summed E-state index contributed by atoms with van der Waals surface area (Å²) in [6, 6.07) is 0. The first-order valence-electron chi connectivity index (χ1n) is 6.81. The number of alkyl halides is 3. The number of nitrogens with zero attached hydrogens (tertiary/aromatic N) is 1. The van der Waals surface area contributed by atoms with Crippen LogP contribution in [0.1, 0.15) is 45.4 Å². The highest BCUT2D eigenvalue weighted by Gasteiger charge is 2.36. The number of thiol groups is 1. The van der Waals surface area contributed by atoms with Gasteiger partial charge in [0.25, 0.3) is 0 Å². The normalized spacial score (nSPS) is 21.0. The van der Waals surface area contributed by atoms with Crippen molar-refractivity contribution >= 4 is 12.6 Å². The van der Waals surface area contributed by atoms with Crippen molar-refractivity contribution in [3.8, 4) is 0 Å². The Morgan fingerprint density at radius 1 is 1.11 bits per heavy atom. The third-order valence-corrected chi connectivity index (χ3v) is 4.58. The van der Waals surface area contributed by atoms with Gasteiger partial charge in [0.1, 0.15) is 0 Å². The van der Waals surface area contributed by atoms with Gasteiger partial charge in [-0.15, -0.1) is 0 Å². The van der Waals surface area contributed by atoms with Crippen molar-refractivity contribution in [2.75, 3.05) is 25.4 Å². The molecule has 1 saturated carbocycles. The van der Waals surface area contributed by atoms with E-state index in [1.165, 1.54) is 17.7 Å². The Hall–Kier alpha value is 0.100. The molecule has 0 unspecified atom stereocenters. The quantitative estimate of drug-likeness (QED) is 0.586. The maximum absolute atomic E-state index is 12.5. The summed E-state index contributed by atoms with van der Waals surface area (Å²) in [6.45, 7) is 2.00. The second-order valence-electron chi connectivity index (χ2n) is 5.49. The van der Waals surface area contributed by atoms with E-state index in [2.05, 4.69) is 12.6 Å². The van der Waals surface area contributed by atoms with E-state index in [0.29, 0.717) is 18.8 Å². The predicted molar refractivity (Wildman–Crippen MR) is 72.2 cm³/mol. The number of rotatable bonds is 5. The average Bonchev–Trinajstić information content (AvgIpc) is 2.52. The summed E-state index contributed by atoms with van der Waals surface area (Å²) in [7, 11) is 0. The molecule has 0 saturated heterocycles. The van der Waals surface area contributed by atoms with E-state index in [1.54, 1.807) is 6.92 Å². The molecule has 108 valence electrons. The highest BCUT2D eigenvalue weighted by atomic mass is 32.1. The van der Waals surface area contributed by atoms with Gasteiger partial charge in [0, 0.05) is 6.54 Å². The fourth-order valence-corrected chi connectivity index (χ4v) is 3.27. The van der Waals surface area contributed by atoms with Crippen LogP contribution in [0.4, 0.5) is 13.2 Å². The summed E-state index contributed by atoms with van der Waals surface area (Å²) in [5.41, 5.74) is -0.0130. The molecule has 0 heterocycles. The summed E-state index contributed by atoms with van der Waals surface area (Å²) < 4.78 is 37.5. The van der Waals surface area contributed by atoms with Gasteiger partial charge >= 0.3 is 6.18 Å². The Labute approximate surface area is 114 Å². The summed E-state index contributed by atoms with van der Waals surface area (Å²) >= 11 is 4.41. The van der Waals surface area contributed by atoms with Gasteiger partial charge in [-0.3, -0.25) is 4.90 Å². The van der Waals surface area contributed by atoms with Crippen LogP contribution in [0, 0.1) is 5.41 Å². The zero-order chi connectivity index (χ0) is 13.6. The van der Waals surface area contributed by atoms with Gasteiger partial charge in [-0.2, -0.15) is 25.8 Å². The van der Waals surface area contributed by atoms with Crippen LogP contribution in [0.3, 0.4) is 0 Å². The van der Waals surface area contributed by atoms with Gasteiger partial charge in [-0.25, -0.2) is 0 Å². The maximum atomic E-state index is 12.5. The van der Waals surface area contributed by atoms with Crippen LogP contribution in [0.25, 0.3) is 0 Å². The number of hydrogen-bond acceptors (Lipinski definition) is 2. The second-order valence-corrected chi connectivity index (χ2v) is 5.81. The zero-order valence-electron chi connectivity index (χ0n) is 11.1. The molecule has 1 aliphatic rings.